The summed E-state index contributed by atoms with van der Waals surface area (Å²) in [6, 6.07) is 10.7. The molecule has 9 heteroatoms. The molecule has 4 rings (SSSR count). The number of hydrogen-bond donors (Lipinski definition) is 4. The molecule has 4 aromatic rings. The fourth-order valence-electron chi connectivity index (χ4n) is 3.33. The average Bonchev–Trinajstić information content (AvgIpc) is 2.69. The van der Waals surface area contributed by atoms with Crippen LogP contribution in [0.25, 0.3) is 21.7 Å². The smallest absolute Gasteiger partial charge is 0.269 e. The third-order valence-electron chi connectivity index (χ3n) is 4.78. The van der Waals surface area contributed by atoms with Gasteiger partial charge in [0.15, 0.2) is 23.0 Å². The Morgan fingerprint density at radius 2 is 1.52 bits per heavy atom. The molecule has 4 N–H and O–H groups in total. The molecule has 0 spiro atoms. The first kappa shape index (κ1) is 18.1. The van der Waals surface area contributed by atoms with Crippen LogP contribution in [0.2, 0.25) is 0 Å². The number of nitro groups is 1. The van der Waals surface area contributed by atoms with Crippen molar-refractivity contribution >= 4 is 27.4 Å². The van der Waals surface area contributed by atoms with Crippen molar-refractivity contribution in [2.75, 3.05) is 0 Å². The largest absolute Gasteiger partial charge is 0.504 e. The summed E-state index contributed by atoms with van der Waals surface area (Å²) >= 11 is 0. The number of benzene rings is 3. The number of fused-ring (bicyclic) bond motifs is 3. The van der Waals surface area contributed by atoms with Gasteiger partial charge in [-0.05, 0) is 23.8 Å². The van der Waals surface area contributed by atoms with E-state index < -0.39 is 33.5 Å². The molecule has 3 aromatic carbocycles. The molecule has 0 saturated heterocycles. The number of phenols is 4. The number of nitrogens with zero attached hydrogens (tertiary/aromatic N) is 2. The SMILES string of the molecule is O=c1c2c(O)c(O)ccc2c2cc(O)c(O)cc2n1Cc1ccc([N+](=O)[O-])cc1. The summed E-state index contributed by atoms with van der Waals surface area (Å²) in [5.74, 6) is -1.91. The second-order valence-electron chi connectivity index (χ2n) is 6.53. The lowest BCUT2D eigenvalue weighted by atomic mass is 10.0. The predicted molar refractivity (Wildman–Crippen MR) is 105 cm³/mol. The second-order valence-corrected chi connectivity index (χ2v) is 6.53. The number of rotatable bonds is 3. The Morgan fingerprint density at radius 1 is 0.862 bits per heavy atom. The van der Waals surface area contributed by atoms with Crippen molar-refractivity contribution in [1.82, 2.24) is 4.57 Å². The number of hydrogen-bond acceptors (Lipinski definition) is 7. The van der Waals surface area contributed by atoms with Crippen LogP contribution in [0.4, 0.5) is 5.69 Å². The van der Waals surface area contributed by atoms with Gasteiger partial charge in [-0.25, -0.2) is 0 Å². The molecule has 0 aliphatic carbocycles. The van der Waals surface area contributed by atoms with Gasteiger partial charge in [0.2, 0.25) is 0 Å². The van der Waals surface area contributed by atoms with E-state index in [4.69, 9.17) is 0 Å². The molecule has 0 bridgehead atoms. The molecule has 0 fully saturated rings. The van der Waals surface area contributed by atoms with Crippen molar-refractivity contribution in [1.29, 1.82) is 0 Å². The number of pyridine rings is 1. The predicted octanol–water partition coefficient (Wildman–Crippen LogP) is 2.93. The Balaban J connectivity index is 2.04. The lowest BCUT2D eigenvalue weighted by Crippen LogP contribution is -2.21. The van der Waals surface area contributed by atoms with Gasteiger partial charge in [-0.2, -0.15) is 0 Å². The summed E-state index contributed by atoms with van der Waals surface area (Å²) in [5.41, 5.74) is 0.103. The van der Waals surface area contributed by atoms with Gasteiger partial charge in [-0.3, -0.25) is 14.9 Å². The van der Waals surface area contributed by atoms with Gasteiger partial charge in [0.25, 0.3) is 11.2 Å². The van der Waals surface area contributed by atoms with Crippen molar-refractivity contribution in [3.05, 3.63) is 74.6 Å². The Labute approximate surface area is 162 Å². The van der Waals surface area contributed by atoms with Crippen LogP contribution in [0.5, 0.6) is 23.0 Å². The summed E-state index contributed by atoms with van der Waals surface area (Å²) in [4.78, 5) is 23.4. The third-order valence-corrected chi connectivity index (χ3v) is 4.78. The lowest BCUT2D eigenvalue weighted by molar-refractivity contribution is -0.384. The highest BCUT2D eigenvalue weighted by Gasteiger charge is 2.18. The fourth-order valence-corrected chi connectivity index (χ4v) is 3.33. The van der Waals surface area contributed by atoms with E-state index in [0.29, 0.717) is 10.9 Å². The Hall–Kier alpha value is -4.27. The van der Waals surface area contributed by atoms with E-state index in [-0.39, 0.29) is 28.5 Å². The standard InChI is InChI=1S/C20H14N2O7/c23-15-6-5-12-13-7-16(24)17(25)8-14(13)21(20(27)18(12)19(15)26)9-10-1-3-11(4-2-10)22(28)29/h1-8,23-26H,9H2. The normalized spacial score (nSPS) is 11.2. The quantitative estimate of drug-likeness (QED) is 0.181. The Morgan fingerprint density at radius 3 is 2.17 bits per heavy atom. The summed E-state index contributed by atoms with van der Waals surface area (Å²) < 4.78 is 1.25. The zero-order chi connectivity index (χ0) is 20.9. The maximum absolute atomic E-state index is 13.1. The number of aromatic hydroxyl groups is 4. The average molecular weight is 394 g/mol. The topological polar surface area (TPSA) is 146 Å². The Bertz CT molecular complexity index is 1360. The molecule has 0 atom stereocenters. The molecule has 9 nitrogen and oxygen atoms in total. The van der Waals surface area contributed by atoms with Crippen molar-refractivity contribution in [3.8, 4) is 23.0 Å². The van der Waals surface area contributed by atoms with Crippen LogP contribution in [-0.4, -0.2) is 29.9 Å². The van der Waals surface area contributed by atoms with Gasteiger partial charge in [0.05, 0.1) is 22.4 Å². The van der Waals surface area contributed by atoms with Crippen LogP contribution >= 0.6 is 0 Å². The first-order chi connectivity index (χ1) is 13.8. The molecular formula is C20H14N2O7. The lowest BCUT2D eigenvalue weighted by Gasteiger charge is -2.15. The Kier molecular flexibility index (Phi) is 4.00. The van der Waals surface area contributed by atoms with E-state index in [1.165, 1.54) is 53.1 Å². The summed E-state index contributed by atoms with van der Waals surface area (Å²) in [7, 11) is 0. The first-order valence-corrected chi connectivity index (χ1v) is 8.44. The van der Waals surface area contributed by atoms with Crippen molar-refractivity contribution < 1.29 is 25.3 Å². The van der Waals surface area contributed by atoms with Crippen LogP contribution in [0.3, 0.4) is 0 Å². The molecule has 0 amide bonds. The maximum atomic E-state index is 13.1. The number of aromatic nitrogens is 1. The molecule has 0 unspecified atom stereocenters. The minimum atomic E-state index is -0.635. The first-order valence-electron chi connectivity index (χ1n) is 8.44. The summed E-state index contributed by atoms with van der Waals surface area (Å²) in [5, 5.41) is 51.3. The van der Waals surface area contributed by atoms with Crippen LogP contribution in [0.1, 0.15) is 5.56 Å². The van der Waals surface area contributed by atoms with Crippen molar-refractivity contribution in [2.45, 2.75) is 6.54 Å². The summed E-state index contributed by atoms with van der Waals surface area (Å²) in [6.45, 7) is -0.0252. The van der Waals surface area contributed by atoms with Crippen LogP contribution in [0.15, 0.2) is 53.3 Å². The highest BCUT2D eigenvalue weighted by atomic mass is 16.6. The molecular weight excluding hydrogens is 380 g/mol. The number of nitro benzene ring substituents is 1. The van der Waals surface area contributed by atoms with E-state index in [2.05, 4.69) is 0 Å². The minimum absolute atomic E-state index is 0.0252. The van der Waals surface area contributed by atoms with Crippen molar-refractivity contribution in [2.24, 2.45) is 0 Å². The number of non-ortho nitro benzene ring substituents is 1. The maximum Gasteiger partial charge on any atom is 0.269 e. The van der Waals surface area contributed by atoms with Gasteiger partial charge >= 0.3 is 0 Å². The molecule has 0 aliphatic rings. The molecule has 146 valence electrons. The number of phenolic OH excluding ortho intramolecular Hbond substituents is 4. The van der Waals surface area contributed by atoms with Gasteiger partial charge < -0.3 is 25.0 Å². The zero-order valence-electron chi connectivity index (χ0n) is 14.7. The third kappa shape index (κ3) is 2.85. The van der Waals surface area contributed by atoms with Gasteiger partial charge in [0.1, 0.15) is 0 Å². The molecule has 0 radical (unpaired) electrons. The van der Waals surface area contributed by atoms with Crippen molar-refractivity contribution in [3.63, 3.8) is 0 Å². The van der Waals surface area contributed by atoms with Crippen LogP contribution < -0.4 is 5.56 Å². The van der Waals surface area contributed by atoms with Gasteiger partial charge in [-0.1, -0.05) is 12.1 Å². The van der Waals surface area contributed by atoms with Crippen LogP contribution in [0, 0.1) is 10.1 Å². The second kappa shape index (κ2) is 6.41. The monoisotopic (exact) mass is 394 g/mol. The van der Waals surface area contributed by atoms with E-state index in [1.54, 1.807) is 0 Å². The highest BCUT2D eigenvalue weighted by Crippen LogP contribution is 2.38. The van der Waals surface area contributed by atoms with Crippen LogP contribution in [-0.2, 0) is 6.54 Å². The molecule has 1 heterocycles. The minimum Gasteiger partial charge on any atom is -0.504 e. The van der Waals surface area contributed by atoms with Gasteiger partial charge in [-0.15, -0.1) is 0 Å². The van der Waals surface area contributed by atoms with E-state index in [1.807, 2.05) is 0 Å². The molecule has 29 heavy (non-hydrogen) atoms. The summed E-state index contributed by atoms with van der Waals surface area (Å²) in [6.07, 6.45) is 0. The zero-order valence-corrected chi connectivity index (χ0v) is 14.7. The van der Waals surface area contributed by atoms with Gasteiger partial charge in [0, 0.05) is 29.0 Å². The molecule has 0 aliphatic heterocycles. The van der Waals surface area contributed by atoms with E-state index in [0.717, 1.165) is 0 Å². The highest BCUT2D eigenvalue weighted by molar-refractivity contribution is 6.09. The molecule has 0 saturated carbocycles. The molecule has 1 aromatic heterocycles. The fraction of sp³-hybridized carbons (Fsp3) is 0.0500. The van der Waals surface area contributed by atoms with E-state index in [9.17, 15) is 35.3 Å². The van der Waals surface area contributed by atoms with E-state index >= 15 is 0 Å².